The summed E-state index contributed by atoms with van der Waals surface area (Å²) in [6.45, 7) is 5.08. The van der Waals surface area contributed by atoms with Gasteiger partial charge in [0.25, 0.3) is 11.8 Å². The lowest BCUT2D eigenvalue weighted by Gasteiger charge is -2.21. The fraction of sp³-hybridized carbons (Fsp3) is 0.227. The lowest BCUT2D eigenvalue weighted by molar-refractivity contribution is -0.123. The quantitative estimate of drug-likeness (QED) is 0.459. The number of allylic oxidation sites excluding steroid dienone is 1. The number of urea groups is 1. The zero-order valence-corrected chi connectivity index (χ0v) is 16.8. The molecule has 1 saturated heterocycles. The zero-order chi connectivity index (χ0) is 21.7. The van der Waals surface area contributed by atoms with Crippen LogP contribution in [-0.4, -0.2) is 31.6 Å². The number of benzene rings is 2. The Balaban J connectivity index is 1.65. The normalized spacial score (nSPS) is 17.7. The average Bonchev–Trinajstić information content (AvgIpc) is 2.99. The van der Waals surface area contributed by atoms with Crippen LogP contribution in [0.1, 0.15) is 18.1 Å². The highest BCUT2D eigenvalue weighted by atomic mass is 16.5. The van der Waals surface area contributed by atoms with Crippen LogP contribution in [0.25, 0.3) is 0 Å². The number of imide groups is 1. The van der Waals surface area contributed by atoms with Gasteiger partial charge in [-0.05, 0) is 48.7 Å². The average molecular weight is 409 g/mol. The third-order valence-corrected chi connectivity index (χ3v) is 4.74. The molecule has 1 fully saturated rings. The van der Waals surface area contributed by atoms with E-state index in [2.05, 4.69) is 22.5 Å². The van der Waals surface area contributed by atoms with Gasteiger partial charge >= 0.3 is 6.03 Å². The molecule has 8 heteroatoms. The van der Waals surface area contributed by atoms with Crippen LogP contribution in [0.15, 0.2) is 55.1 Å². The monoisotopic (exact) mass is 409 g/mol. The number of amides is 4. The van der Waals surface area contributed by atoms with E-state index in [9.17, 15) is 14.4 Å². The molecule has 3 N–H and O–H groups in total. The molecule has 0 radical (unpaired) electrons. The van der Waals surface area contributed by atoms with E-state index in [1.807, 2.05) is 12.1 Å². The van der Waals surface area contributed by atoms with Gasteiger partial charge in [-0.3, -0.25) is 14.9 Å². The van der Waals surface area contributed by atoms with Gasteiger partial charge in [-0.15, -0.1) is 6.58 Å². The summed E-state index contributed by atoms with van der Waals surface area (Å²) < 4.78 is 10.9. The van der Waals surface area contributed by atoms with Crippen LogP contribution >= 0.6 is 0 Å². The molecule has 156 valence electrons. The first-order valence-electron chi connectivity index (χ1n) is 9.30. The molecule has 2 aromatic carbocycles. The van der Waals surface area contributed by atoms with E-state index in [0.717, 1.165) is 5.56 Å². The molecule has 0 bridgehead atoms. The first-order valence-corrected chi connectivity index (χ1v) is 9.30. The third kappa shape index (κ3) is 4.43. The van der Waals surface area contributed by atoms with Crippen LogP contribution in [0.2, 0.25) is 0 Å². The molecule has 1 aliphatic heterocycles. The maximum atomic E-state index is 12.3. The van der Waals surface area contributed by atoms with Crippen molar-refractivity contribution >= 4 is 23.5 Å². The number of anilines is 1. The molecular weight excluding hydrogens is 386 g/mol. The lowest BCUT2D eigenvalue weighted by Crippen LogP contribution is -2.40. The second-order valence-electron chi connectivity index (χ2n) is 6.93. The summed E-state index contributed by atoms with van der Waals surface area (Å²) in [4.78, 5) is 35.9. The molecule has 0 spiro atoms. The van der Waals surface area contributed by atoms with Crippen molar-refractivity contribution in [3.05, 3.63) is 66.2 Å². The van der Waals surface area contributed by atoms with Crippen LogP contribution in [0, 0.1) is 0 Å². The molecule has 2 aromatic rings. The van der Waals surface area contributed by atoms with E-state index in [1.54, 1.807) is 43.3 Å². The predicted octanol–water partition coefficient (Wildman–Crippen LogP) is 2.50. The summed E-state index contributed by atoms with van der Waals surface area (Å²) in [7, 11) is 1.53. The highest BCUT2D eigenvalue weighted by molar-refractivity contribution is 6.07. The number of hydrogen-bond acceptors (Lipinski definition) is 5. The Kier molecular flexibility index (Phi) is 6.06. The molecule has 1 unspecified atom stereocenters. The molecule has 0 aliphatic carbocycles. The fourth-order valence-electron chi connectivity index (χ4n) is 3.12. The molecule has 1 aliphatic rings. The SMILES string of the molecule is C=CCc1ccc(OCC(=O)Nc2cccc(C3(C)NC(=O)NC3=O)c2)c(OC)c1. The number of nitrogens with one attached hydrogen (secondary N) is 3. The first kappa shape index (κ1) is 20.9. The number of carbonyl (C=O) groups is 3. The summed E-state index contributed by atoms with van der Waals surface area (Å²) in [5, 5.41) is 7.53. The minimum Gasteiger partial charge on any atom is -0.493 e. The predicted molar refractivity (Wildman–Crippen MR) is 111 cm³/mol. The van der Waals surface area contributed by atoms with E-state index >= 15 is 0 Å². The maximum absolute atomic E-state index is 12.3. The molecule has 0 saturated carbocycles. The van der Waals surface area contributed by atoms with Gasteiger partial charge in [-0.25, -0.2) is 4.79 Å². The summed E-state index contributed by atoms with van der Waals surface area (Å²) in [6.07, 6.45) is 2.49. The molecule has 8 nitrogen and oxygen atoms in total. The van der Waals surface area contributed by atoms with Gasteiger partial charge in [0, 0.05) is 5.69 Å². The van der Waals surface area contributed by atoms with Gasteiger partial charge in [0.2, 0.25) is 0 Å². The minimum atomic E-state index is -1.20. The molecule has 4 amide bonds. The van der Waals surface area contributed by atoms with E-state index < -0.39 is 17.5 Å². The molecule has 30 heavy (non-hydrogen) atoms. The Morgan fingerprint density at radius 1 is 1.20 bits per heavy atom. The van der Waals surface area contributed by atoms with Crippen molar-refractivity contribution in [2.45, 2.75) is 18.9 Å². The second-order valence-corrected chi connectivity index (χ2v) is 6.93. The van der Waals surface area contributed by atoms with Gasteiger partial charge in [0.1, 0.15) is 5.54 Å². The van der Waals surface area contributed by atoms with Crippen molar-refractivity contribution in [2.75, 3.05) is 19.0 Å². The molecule has 1 atom stereocenters. The fourth-order valence-corrected chi connectivity index (χ4v) is 3.12. The topological polar surface area (TPSA) is 106 Å². The van der Waals surface area contributed by atoms with Crippen molar-refractivity contribution < 1.29 is 23.9 Å². The molecule has 3 rings (SSSR count). The van der Waals surface area contributed by atoms with Crippen molar-refractivity contribution in [2.24, 2.45) is 0 Å². The van der Waals surface area contributed by atoms with E-state index in [4.69, 9.17) is 9.47 Å². The van der Waals surface area contributed by atoms with Gasteiger partial charge in [-0.2, -0.15) is 0 Å². The molecule has 1 heterocycles. The lowest BCUT2D eigenvalue weighted by atomic mass is 9.92. The highest BCUT2D eigenvalue weighted by Crippen LogP contribution is 2.29. The third-order valence-electron chi connectivity index (χ3n) is 4.74. The Morgan fingerprint density at radius 3 is 2.67 bits per heavy atom. The number of hydrogen-bond donors (Lipinski definition) is 3. The van der Waals surface area contributed by atoms with E-state index in [1.165, 1.54) is 7.11 Å². The van der Waals surface area contributed by atoms with E-state index in [-0.39, 0.29) is 12.5 Å². The van der Waals surface area contributed by atoms with Gasteiger partial charge in [0.15, 0.2) is 18.1 Å². The molecular formula is C22H23N3O5. The first-order chi connectivity index (χ1) is 14.4. The maximum Gasteiger partial charge on any atom is 0.322 e. The standard InChI is InChI=1S/C22H23N3O5/c1-4-6-14-9-10-17(18(11-14)29-3)30-13-19(26)23-16-8-5-7-15(12-16)22(2)20(27)24-21(28)25-22/h4-5,7-12H,1,6,13H2,2-3H3,(H,23,26)(H2,24,25,27,28). The molecule has 0 aromatic heterocycles. The summed E-state index contributed by atoms with van der Waals surface area (Å²) in [6, 6.07) is 11.6. The number of rotatable bonds is 8. The van der Waals surface area contributed by atoms with Crippen molar-refractivity contribution in [1.29, 1.82) is 0 Å². The summed E-state index contributed by atoms with van der Waals surface area (Å²) >= 11 is 0. The highest BCUT2D eigenvalue weighted by Gasteiger charge is 2.43. The van der Waals surface area contributed by atoms with Crippen LogP contribution in [-0.2, 0) is 21.5 Å². The van der Waals surface area contributed by atoms with Crippen LogP contribution in [0.4, 0.5) is 10.5 Å². The van der Waals surface area contributed by atoms with Gasteiger partial charge in [-0.1, -0.05) is 24.3 Å². The Morgan fingerprint density at radius 2 is 2.00 bits per heavy atom. The van der Waals surface area contributed by atoms with Crippen LogP contribution in [0.5, 0.6) is 11.5 Å². The Labute approximate surface area is 174 Å². The van der Waals surface area contributed by atoms with Crippen molar-refractivity contribution in [3.8, 4) is 11.5 Å². The number of methoxy groups -OCH3 is 1. The van der Waals surface area contributed by atoms with Gasteiger partial charge in [0.05, 0.1) is 7.11 Å². The smallest absolute Gasteiger partial charge is 0.322 e. The van der Waals surface area contributed by atoms with E-state index in [0.29, 0.717) is 29.2 Å². The van der Waals surface area contributed by atoms with Crippen LogP contribution in [0.3, 0.4) is 0 Å². The Hall–Kier alpha value is -3.81. The minimum absolute atomic E-state index is 0.226. The summed E-state index contributed by atoms with van der Waals surface area (Å²) in [5.41, 5.74) is 0.843. The number of carbonyl (C=O) groups excluding carboxylic acids is 3. The zero-order valence-electron chi connectivity index (χ0n) is 16.8. The second kappa shape index (κ2) is 8.69. The largest absolute Gasteiger partial charge is 0.493 e. The van der Waals surface area contributed by atoms with Crippen molar-refractivity contribution in [3.63, 3.8) is 0 Å². The Bertz CT molecular complexity index is 1000. The van der Waals surface area contributed by atoms with Gasteiger partial charge < -0.3 is 20.1 Å². The van der Waals surface area contributed by atoms with Crippen molar-refractivity contribution in [1.82, 2.24) is 10.6 Å². The number of ether oxygens (including phenoxy) is 2. The summed E-state index contributed by atoms with van der Waals surface area (Å²) in [5.74, 6) is 0.146. The van der Waals surface area contributed by atoms with Crippen LogP contribution < -0.4 is 25.4 Å².